The predicted octanol–water partition coefficient (Wildman–Crippen LogP) is 3.79. The molecule has 1 amide bonds. The van der Waals surface area contributed by atoms with Crippen LogP contribution in [-0.4, -0.2) is 30.8 Å². The van der Waals surface area contributed by atoms with Gasteiger partial charge < -0.3 is 14.5 Å². The molecule has 1 N–H and O–H groups in total. The fourth-order valence-corrected chi connectivity index (χ4v) is 3.53. The summed E-state index contributed by atoms with van der Waals surface area (Å²) in [5.74, 6) is -0.814. The molecular formula is C24H21NO5. The molecule has 1 aromatic heterocycles. The van der Waals surface area contributed by atoms with Gasteiger partial charge in [0.05, 0.1) is 6.26 Å². The number of fused-ring (bicyclic) bond motifs is 3. The van der Waals surface area contributed by atoms with Crippen molar-refractivity contribution in [2.24, 2.45) is 0 Å². The fraction of sp³-hybridized carbons (Fsp3) is 0.208. The van der Waals surface area contributed by atoms with Gasteiger partial charge in [0.1, 0.15) is 0 Å². The van der Waals surface area contributed by atoms with E-state index in [9.17, 15) is 14.4 Å². The van der Waals surface area contributed by atoms with Gasteiger partial charge in [0.2, 0.25) is 0 Å². The molecule has 0 aliphatic heterocycles. The van der Waals surface area contributed by atoms with E-state index in [0.29, 0.717) is 18.5 Å². The van der Waals surface area contributed by atoms with E-state index in [1.807, 2.05) is 24.3 Å². The lowest BCUT2D eigenvalue weighted by atomic mass is 10.0. The molecular weight excluding hydrogens is 382 g/mol. The topological polar surface area (TPSA) is 85.6 Å². The van der Waals surface area contributed by atoms with Crippen molar-refractivity contribution in [1.29, 1.82) is 0 Å². The van der Waals surface area contributed by atoms with E-state index in [0.717, 1.165) is 17.5 Å². The highest BCUT2D eigenvalue weighted by molar-refractivity contribution is 5.99. The Hall–Kier alpha value is -3.67. The number of esters is 1. The van der Waals surface area contributed by atoms with Gasteiger partial charge in [0, 0.05) is 18.5 Å². The van der Waals surface area contributed by atoms with Gasteiger partial charge in [0.15, 0.2) is 18.2 Å². The van der Waals surface area contributed by atoms with Gasteiger partial charge in [-0.1, -0.05) is 36.4 Å². The highest BCUT2D eigenvalue weighted by atomic mass is 16.5. The van der Waals surface area contributed by atoms with Crippen molar-refractivity contribution >= 4 is 17.7 Å². The monoisotopic (exact) mass is 403 g/mol. The van der Waals surface area contributed by atoms with Gasteiger partial charge >= 0.3 is 5.97 Å². The maximum atomic E-state index is 12.5. The van der Waals surface area contributed by atoms with Crippen LogP contribution in [0.5, 0.6) is 0 Å². The van der Waals surface area contributed by atoms with Gasteiger partial charge in [-0.3, -0.25) is 14.4 Å². The lowest BCUT2D eigenvalue weighted by Gasteiger charge is -2.07. The number of furan rings is 1. The van der Waals surface area contributed by atoms with E-state index in [1.54, 1.807) is 18.2 Å². The van der Waals surface area contributed by atoms with Crippen LogP contribution >= 0.6 is 0 Å². The molecule has 0 fully saturated rings. The minimum atomic E-state index is -0.470. The first-order valence-electron chi connectivity index (χ1n) is 9.83. The Balaban J connectivity index is 1.23. The Labute approximate surface area is 173 Å². The van der Waals surface area contributed by atoms with Crippen LogP contribution in [0.3, 0.4) is 0 Å². The smallest absolute Gasteiger partial charge is 0.306 e. The number of Topliss-reactive ketones (excluding diaryl/α,β-unsaturated/α-hetero) is 1. The second-order valence-electron chi connectivity index (χ2n) is 7.13. The Bertz CT molecular complexity index is 1080. The lowest BCUT2D eigenvalue weighted by molar-refractivity contribution is -0.142. The van der Waals surface area contributed by atoms with Crippen LogP contribution < -0.4 is 5.32 Å². The third kappa shape index (κ3) is 4.33. The van der Waals surface area contributed by atoms with Crippen LogP contribution in [0.25, 0.3) is 11.1 Å². The third-order valence-electron chi connectivity index (χ3n) is 5.07. The molecule has 0 bridgehead atoms. The van der Waals surface area contributed by atoms with Crippen molar-refractivity contribution in [2.75, 3.05) is 13.2 Å². The quantitative estimate of drug-likeness (QED) is 0.275. The summed E-state index contributed by atoms with van der Waals surface area (Å²) in [6, 6.07) is 17.0. The molecule has 0 saturated carbocycles. The van der Waals surface area contributed by atoms with Crippen LogP contribution in [0.1, 0.15) is 44.9 Å². The number of benzene rings is 2. The second-order valence-corrected chi connectivity index (χ2v) is 7.13. The molecule has 30 heavy (non-hydrogen) atoms. The summed E-state index contributed by atoms with van der Waals surface area (Å²) in [4.78, 5) is 36.1. The largest absolute Gasteiger partial charge is 0.459 e. The van der Waals surface area contributed by atoms with Crippen molar-refractivity contribution in [1.82, 2.24) is 5.32 Å². The van der Waals surface area contributed by atoms with Crippen LogP contribution in [0.2, 0.25) is 0 Å². The number of rotatable bonds is 8. The summed E-state index contributed by atoms with van der Waals surface area (Å²) in [7, 11) is 0. The molecule has 0 radical (unpaired) electrons. The number of ether oxygens (including phenoxy) is 1. The Kier molecular flexibility index (Phi) is 5.75. The van der Waals surface area contributed by atoms with Gasteiger partial charge in [-0.2, -0.15) is 0 Å². The average Bonchev–Trinajstić information content (AvgIpc) is 3.42. The molecule has 4 rings (SSSR count). The minimum absolute atomic E-state index is 0.114. The van der Waals surface area contributed by atoms with E-state index in [-0.39, 0.29) is 30.5 Å². The number of hydrogen-bond acceptors (Lipinski definition) is 5. The van der Waals surface area contributed by atoms with Crippen molar-refractivity contribution < 1.29 is 23.5 Å². The van der Waals surface area contributed by atoms with Gasteiger partial charge in [-0.05, 0) is 53.3 Å². The summed E-state index contributed by atoms with van der Waals surface area (Å²) in [6.07, 6.45) is 2.81. The Morgan fingerprint density at radius 2 is 1.80 bits per heavy atom. The molecule has 0 spiro atoms. The number of ketones is 1. The molecule has 6 heteroatoms. The van der Waals surface area contributed by atoms with Crippen molar-refractivity contribution in [3.8, 4) is 11.1 Å². The van der Waals surface area contributed by atoms with E-state index in [2.05, 4.69) is 17.4 Å². The normalized spacial score (nSPS) is 11.5. The third-order valence-corrected chi connectivity index (χ3v) is 5.07. The van der Waals surface area contributed by atoms with E-state index >= 15 is 0 Å². The van der Waals surface area contributed by atoms with E-state index in [1.165, 1.54) is 17.4 Å². The first-order valence-corrected chi connectivity index (χ1v) is 9.83. The number of carbonyl (C=O) groups excluding carboxylic acids is 3. The molecule has 0 saturated heterocycles. The first-order chi connectivity index (χ1) is 14.6. The molecule has 1 heterocycles. The lowest BCUT2D eigenvalue weighted by Crippen LogP contribution is -2.24. The summed E-state index contributed by atoms with van der Waals surface area (Å²) in [5, 5.41) is 2.66. The zero-order valence-electron chi connectivity index (χ0n) is 16.4. The van der Waals surface area contributed by atoms with Gasteiger partial charge in [0.25, 0.3) is 5.91 Å². The van der Waals surface area contributed by atoms with Crippen molar-refractivity contribution in [2.45, 2.75) is 19.3 Å². The fourth-order valence-electron chi connectivity index (χ4n) is 3.53. The molecule has 0 unspecified atom stereocenters. The van der Waals surface area contributed by atoms with Crippen molar-refractivity contribution in [3.63, 3.8) is 0 Å². The summed E-state index contributed by atoms with van der Waals surface area (Å²) < 4.78 is 10.1. The molecule has 3 aromatic rings. The van der Waals surface area contributed by atoms with E-state index in [4.69, 9.17) is 9.15 Å². The zero-order valence-corrected chi connectivity index (χ0v) is 16.4. The highest BCUT2D eigenvalue weighted by Crippen LogP contribution is 2.36. The molecule has 0 atom stereocenters. The minimum Gasteiger partial charge on any atom is -0.459 e. The molecule has 1 aliphatic rings. The van der Waals surface area contributed by atoms with Crippen LogP contribution in [-0.2, 0) is 16.0 Å². The maximum Gasteiger partial charge on any atom is 0.306 e. The Morgan fingerprint density at radius 1 is 0.967 bits per heavy atom. The maximum absolute atomic E-state index is 12.5. The number of hydrogen-bond donors (Lipinski definition) is 1. The predicted molar refractivity (Wildman–Crippen MR) is 110 cm³/mol. The summed E-state index contributed by atoms with van der Waals surface area (Å²) in [6.45, 7) is 0.0187. The SMILES string of the molecule is O=C(CCCNC(=O)c1ccco1)OCC(=O)c1ccc2c(c1)-c1ccccc1C2. The van der Waals surface area contributed by atoms with Crippen LogP contribution in [0, 0.1) is 0 Å². The summed E-state index contributed by atoms with van der Waals surface area (Å²) in [5.41, 5.74) is 5.19. The molecule has 2 aromatic carbocycles. The number of nitrogens with one attached hydrogen (secondary N) is 1. The van der Waals surface area contributed by atoms with Crippen LogP contribution in [0.15, 0.2) is 65.3 Å². The summed E-state index contributed by atoms with van der Waals surface area (Å²) >= 11 is 0. The molecule has 6 nitrogen and oxygen atoms in total. The Morgan fingerprint density at radius 3 is 2.63 bits per heavy atom. The second kappa shape index (κ2) is 8.78. The highest BCUT2D eigenvalue weighted by Gasteiger charge is 2.20. The molecule has 152 valence electrons. The number of carbonyl (C=O) groups is 3. The van der Waals surface area contributed by atoms with Crippen LogP contribution in [0.4, 0.5) is 0 Å². The number of amides is 1. The van der Waals surface area contributed by atoms with Gasteiger partial charge in [-0.25, -0.2) is 0 Å². The standard InChI is InChI=1S/C24H21NO5/c26-21(15-30-23(27)8-3-11-25-24(28)22-7-4-12-29-22)18-10-9-17-13-16-5-1-2-6-19(16)20(17)14-18/h1-2,4-7,9-10,12,14H,3,8,11,13,15H2,(H,25,28). The van der Waals surface area contributed by atoms with E-state index < -0.39 is 5.97 Å². The van der Waals surface area contributed by atoms with Gasteiger partial charge in [-0.15, -0.1) is 0 Å². The average molecular weight is 403 g/mol. The zero-order chi connectivity index (χ0) is 20.9. The first kappa shape index (κ1) is 19.6. The molecule has 1 aliphatic carbocycles. The van der Waals surface area contributed by atoms with Crippen molar-refractivity contribution in [3.05, 3.63) is 83.3 Å².